The monoisotopic (exact) mass is 326 g/mol. The quantitative estimate of drug-likeness (QED) is 0.688. The fraction of sp³-hybridized carbons (Fsp3) is 0.286. The van der Waals surface area contributed by atoms with Gasteiger partial charge >= 0.3 is 0 Å². The van der Waals surface area contributed by atoms with Crippen molar-refractivity contribution in [1.82, 2.24) is 19.3 Å². The Hall–Kier alpha value is -1.59. The molecule has 3 rings (SSSR count). The summed E-state index contributed by atoms with van der Waals surface area (Å²) in [6.45, 7) is 2.53. The number of hydrogen-bond acceptors (Lipinski definition) is 2. The van der Waals surface area contributed by atoms with E-state index in [1.807, 2.05) is 18.5 Å². The average Bonchev–Trinajstić information content (AvgIpc) is 2.95. The second-order valence-electron chi connectivity index (χ2n) is 4.88. The molecule has 2 aromatic heterocycles. The molecule has 3 aromatic rings. The molecule has 0 aliphatic carbocycles. The number of aryl methyl sites for hydroxylation is 1. The molecule has 21 heavy (non-hydrogen) atoms. The minimum absolute atomic E-state index is 0.0610. The average molecular weight is 327 g/mol. The largest absolute Gasteiger partial charge is 0.322 e. The van der Waals surface area contributed by atoms with Gasteiger partial charge in [0.15, 0.2) is 0 Å². The molecule has 0 amide bonds. The van der Waals surface area contributed by atoms with Crippen molar-refractivity contribution < 1.29 is 4.39 Å². The maximum Gasteiger partial charge on any atom is 0.144 e. The lowest BCUT2D eigenvalue weighted by Gasteiger charge is -2.08. The van der Waals surface area contributed by atoms with Gasteiger partial charge in [0.1, 0.15) is 11.6 Å². The van der Waals surface area contributed by atoms with Crippen molar-refractivity contribution in [3.8, 4) is 0 Å². The lowest BCUT2D eigenvalue weighted by atomic mass is 10.2. The number of hydrogen-bond donors (Lipinski definition) is 0. The number of benzene rings is 1. The van der Waals surface area contributed by atoms with E-state index < -0.39 is 5.82 Å². The maximum atomic E-state index is 13.7. The lowest BCUT2D eigenvalue weighted by Crippen LogP contribution is -2.05. The van der Waals surface area contributed by atoms with Gasteiger partial charge in [0.25, 0.3) is 0 Å². The SMILES string of the molecule is Cc1c(Cn2c(CCl)nc3cc(Cl)c(F)cc32)cnn1C. The Balaban J connectivity index is 2.16. The molecule has 7 heteroatoms. The smallest absolute Gasteiger partial charge is 0.144 e. The predicted octanol–water partition coefficient (Wildman–Crippen LogP) is 3.66. The number of nitrogens with zero attached hydrogens (tertiary/aromatic N) is 4. The normalized spacial score (nSPS) is 11.5. The first-order valence-corrected chi connectivity index (χ1v) is 7.30. The van der Waals surface area contributed by atoms with Crippen LogP contribution in [0.5, 0.6) is 0 Å². The maximum absolute atomic E-state index is 13.7. The lowest BCUT2D eigenvalue weighted by molar-refractivity contribution is 0.628. The number of fused-ring (bicyclic) bond motifs is 1. The van der Waals surface area contributed by atoms with Crippen LogP contribution in [0.4, 0.5) is 4.39 Å². The van der Waals surface area contributed by atoms with Crippen LogP contribution in [0.25, 0.3) is 11.0 Å². The zero-order valence-corrected chi connectivity index (χ0v) is 13.1. The standard InChI is InChI=1S/C14H13Cl2FN4/c1-8-9(6-18-20(8)2)7-21-13-4-11(17)10(16)3-12(13)19-14(21)5-15/h3-4,6H,5,7H2,1-2H3. The van der Waals surface area contributed by atoms with Crippen LogP contribution in [0, 0.1) is 12.7 Å². The second kappa shape index (κ2) is 5.31. The van der Waals surface area contributed by atoms with Crippen molar-refractivity contribution >= 4 is 34.2 Å². The summed E-state index contributed by atoms with van der Waals surface area (Å²) in [7, 11) is 1.88. The number of aromatic nitrogens is 4. The zero-order valence-electron chi connectivity index (χ0n) is 11.6. The Morgan fingerprint density at radius 2 is 2.10 bits per heavy atom. The van der Waals surface area contributed by atoms with Gasteiger partial charge in [-0.15, -0.1) is 11.6 Å². The summed E-state index contributed by atoms with van der Waals surface area (Å²) in [5.74, 6) is 0.457. The number of rotatable bonds is 3. The summed E-state index contributed by atoms with van der Waals surface area (Å²) in [6.07, 6.45) is 1.80. The van der Waals surface area contributed by atoms with Gasteiger partial charge in [-0.1, -0.05) is 11.6 Å². The van der Waals surface area contributed by atoms with Crippen LogP contribution in [-0.2, 0) is 19.5 Å². The first kappa shape index (κ1) is 14.4. The molecule has 0 bridgehead atoms. The van der Waals surface area contributed by atoms with Gasteiger partial charge in [-0.3, -0.25) is 4.68 Å². The molecule has 0 unspecified atom stereocenters. The highest BCUT2D eigenvalue weighted by Gasteiger charge is 2.15. The predicted molar refractivity (Wildman–Crippen MR) is 81.3 cm³/mol. The summed E-state index contributed by atoms with van der Waals surface area (Å²) in [5.41, 5.74) is 3.40. The first-order valence-electron chi connectivity index (χ1n) is 6.39. The third kappa shape index (κ3) is 2.40. The summed E-state index contributed by atoms with van der Waals surface area (Å²) in [5, 5.41) is 4.28. The molecule has 0 N–H and O–H groups in total. The molecule has 2 heterocycles. The number of imidazole rings is 1. The molecule has 0 atom stereocenters. The van der Waals surface area contributed by atoms with Crippen molar-refractivity contribution in [1.29, 1.82) is 0 Å². The minimum atomic E-state index is -0.464. The van der Waals surface area contributed by atoms with E-state index in [9.17, 15) is 4.39 Å². The number of alkyl halides is 1. The van der Waals surface area contributed by atoms with Crippen molar-refractivity contribution in [2.45, 2.75) is 19.3 Å². The molecule has 0 aliphatic heterocycles. The van der Waals surface area contributed by atoms with Gasteiger partial charge in [-0.25, -0.2) is 9.37 Å². The van der Waals surface area contributed by atoms with Crippen LogP contribution in [0.15, 0.2) is 18.3 Å². The number of halogens is 3. The summed E-state index contributed by atoms with van der Waals surface area (Å²) in [4.78, 5) is 4.42. The van der Waals surface area contributed by atoms with Crippen LogP contribution in [0.1, 0.15) is 17.1 Å². The van der Waals surface area contributed by atoms with E-state index in [4.69, 9.17) is 23.2 Å². The first-order chi connectivity index (χ1) is 10.0. The Labute approximate surface area is 131 Å². The Bertz CT molecular complexity index is 822. The highest BCUT2D eigenvalue weighted by molar-refractivity contribution is 6.31. The van der Waals surface area contributed by atoms with Crippen LogP contribution in [0.3, 0.4) is 0 Å². The van der Waals surface area contributed by atoms with Crippen LogP contribution < -0.4 is 0 Å². The Morgan fingerprint density at radius 1 is 1.33 bits per heavy atom. The van der Waals surface area contributed by atoms with Gasteiger partial charge in [0, 0.05) is 24.4 Å². The van der Waals surface area contributed by atoms with Crippen LogP contribution in [0.2, 0.25) is 5.02 Å². The Kier molecular flexibility index (Phi) is 3.63. The summed E-state index contributed by atoms with van der Waals surface area (Å²) >= 11 is 11.8. The third-order valence-electron chi connectivity index (χ3n) is 3.65. The van der Waals surface area contributed by atoms with Crippen LogP contribution in [-0.4, -0.2) is 19.3 Å². The Morgan fingerprint density at radius 3 is 2.71 bits per heavy atom. The molecule has 4 nitrogen and oxygen atoms in total. The third-order valence-corrected chi connectivity index (χ3v) is 4.18. The molecule has 0 saturated heterocycles. The van der Waals surface area contributed by atoms with Gasteiger partial charge in [-0.05, 0) is 13.0 Å². The highest BCUT2D eigenvalue weighted by atomic mass is 35.5. The zero-order chi connectivity index (χ0) is 15.1. The fourth-order valence-electron chi connectivity index (χ4n) is 2.32. The van der Waals surface area contributed by atoms with E-state index in [-0.39, 0.29) is 10.9 Å². The van der Waals surface area contributed by atoms with E-state index in [1.54, 1.807) is 10.9 Å². The molecule has 0 spiro atoms. The molecule has 0 aliphatic rings. The van der Waals surface area contributed by atoms with E-state index in [0.717, 1.165) is 11.3 Å². The topological polar surface area (TPSA) is 35.6 Å². The van der Waals surface area contributed by atoms with E-state index in [0.29, 0.717) is 23.4 Å². The molecular formula is C14H13Cl2FN4. The highest BCUT2D eigenvalue weighted by Crippen LogP contribution is 2.25. The fourth-order valence-corrected chi connectivity index (χ4v) is 2.68. The molecule has 0 radical (unpaired) electrons. The van der Waals surface area contributed by atoms with Gasteiger partial charge in [0.05, 0.1) is 34.7 Å². The van der Waals surface area contributed by atoms with E-state index in [1.165, 1.54) is 12.1 Å². The molecular weight excluding hydrogens is 314 g/mol. The molecule has 0 saturated carbocycles. The molecule has 0 fully saturated rings. The molecule has 1 aromatic carbocycles. The van der Waals surface area contributed by atoms with Gasteiger partial charge in [0.2, 0.25) is 0 Å². The minimum Gasteiger partial charge on any atom is -0.322 e. The van der Waals surface area contributed by atoms with Gasteiger partial charge < -0.3 is 4.57 Å². The molecule has 110 valence electrons. The van der Waals surface area contributed by atoms with Crippen molar-refractivity contribution in [3.63, 3.8) is 0 Å². The van der Waals surface area contributed by atoms with E-state index in [2.05, 4.69) is 10.1 Å². The van der Waals surface area contributed by atoms with Gasteiger partial charge in [-0.2, -0.15) is 5.10 Å². The van der Waals surface area contributed by atoms with Crippen LogP contribution >= 0.6 is 23.2 Å². The van der Waals surface area contributed by atoms with Crippen molar-refractivity contribution in [2.75, 3.05) is 0 Å². The summed E-state index contributed by atoms with van der Waals surface area (Å²) < 4.78 is 17.4. The summed E-state index contributed by atoms with van der Waals surface area (Å²) in [6, 6.07) is 2.92. The van der Waals surface area contributed by atoms with E-state index >= 15 is 0 Å². The van der Waals surface area contributed by atoms with Crippen molar-refractivity contribution in [2.24, 2.45) is 7.05 Å². The second-order valence-corrected chi connectivity index (χ2v) is 5.56. The van der Waals surface area contributed by atoms with Crippen molar-refractivity contribution in [3.05, 3.63) is 46.3 Å².